The van der Waals surface area contributed by atoms with E-state index < -0.39 is 5.60 Å². The lowest BCUT2D eigenvalue weighted by Crippen LogP contribution is -2.56. The van der Waals surface area contributed by atoms with E-state index >= 15 is 0 Å². The molecule has 0 aromatic carbocycles. The molecule has 0 unspecified atom stereocenters. The van der Waals surface area contributed by atoms with E-state index in [1.165, 1.54) is 12.8 Å². The molecule has 1 aliphatic carbocycles. The Balaban J connectivity index is 1.70. The van der Waals surface area contributed by atoms with Gasteiger partial charge in [-0.05, 0) is 52.4 Å². The Morgan fingerprint density at radius 2 is 1.82 bits per heavy atom. The van der Waals surface area contributed by atoms with Crippen molar-refractivity contribution in [3.8, 4) is 0 Å². The molecule has 1 saturated carbocycles. The maximum atomic E-state index is 12.7. The Morgan fingerprint density at radius 1 is 1.14 bits per heavy atom. The molecule has 1 aliphatic heterocycles. The summed E-state index contributed by atoms with van der Waals surface area (Å²) in [5.74, 6) is 0.873. The van der Waals surface area contributed by atoms with Crippen molar-refractivity contribution in [2.45, 2.75) is 71.4 Å². The summed E-state index contributed by atoms with van der Waals surface area (Å²) in [4.78, 5) is 28.8. The van der Waals surface area contributed by atoms with Gasteiger partial charge < -0.3 is 19.7 Å². The van der Waals surface area contributed by atoms with Gasteiger partial charge in [-0.15, -0.1) is 0 Å². The summed E-state index contributed by atoms with van der Waals surface area (Å²) < 4.78 is 11.1. The monoisotopic (exact) mass is 397 g/mol. The van der Waals surface area contributed by atoms with E-state index in [2.05, 4.69) is 17.1 Å². The number of hydrogen-bond acceptors (Lipinski definition) is 5. The quantitative estimate of drug-likeness (QED) is 0.574. The standard InChI is InChI=1S/C21H39N3O4/c1-5-7-18(19(25)22-10-6-15-27-16-17-8-9-17)23-11-13-24(14-12-23)20(26)28-21(2,3)4/h17-18H,5-16H2,1-4H3,(H,22,25)/t18-/m1/s1. The van der Waals surface area contributed by atoms with Gasteiger partial charge in [-0.1, -0.05) is 13.3 Å². The van der Waals surface area contributed by atoms with Gasteiger partial charge in [0.25, 0.3) is 0 Å². The summed E-state index contributed by atoms with van der Waals surface area (Å²) in [5.41, 5.74) is -0.485. The first kappa shape index (κ1) is 22.9. The van der Waals surface area contributed by atoms with Crippen molar-refractivity contribution in [3.63, 3.8) is 0 Å². The summed E-state index contributed by atoms with van der Waals surface area (Å²) in [6.45, 7) is 12.5. The lowest BCUT2D eigenvalue weighted by molar-refractivity contribution is -0.127. The molecule has 162 valence electrons. The van der Waals surface area contributed by atoms with Crippen LogP contribution in [-0.2, 0) is 14.3 Å². The summed E-state index contributed by atoms with van der Waals surface area (Å²) in [6.07, 6.45) is 4.97. The van der Waals surface area contributed by atoms with E-state index in [-0.39, 0.29) is 18.0 Å². The van der Waals surface area contributed by atoms with Gasteiger partial charge in [-0.3, -0.25) is 9.69 Å². The first-order chi connectivity index (χ1) is 13.3. The third-order valence-corrected chi connectivity index (χ3v) is 5.09. The summed E-state index contributed by atoms with van der Waals surface area (Å²) >= 11 is 0. The molecule has 2 rings (SSSR count). The highest BCUT2D eigenvalue weighted by Crippen LogP contribution is 2.28. The van der Waals surface area contributed by atoms with Gasteiger partial charge in [0.15, 0.2) is 0 Å². The van der Waals surface area contributed by atoms with Gasteiger partial charge in [0.2, 0.25) is 5.91 Å². The normalized spacial score (nSPS) is 19.4. The highest BCUT2D eigenvalue weighted by atomic mass is 16.6. The molecule has 0 bridgehead atoms. The van der Waals surface area contributed by atoms with Crippen molar-refractivity contribution >= 4 is 12.0 Å². The molecule has 1 heterocycles. The largest absolute Gasteiger partial charge is 0.444 e. The van der Waals surface area contributed by atoms with Gasteiger partial charge >= 0.3 is 6.09 Å². The van der Waals surface area contributed by atoms with Crippen LogP contribution in [0.25, 0.3) is 0 Å². The second-order valence-electron chi connectivity index (χ2n) is 8.97. The zero-order valence-corrected chi connectivity index (χ0v) is 18.2. The Bertz CT molecular complexity index is 494. The number of piperazine rings is 1. The minimum Gasteiger partial charge on any atom is -0.444 e. The Morgan fingerprint density at radius 3 is 2.39 bits per heavy atom. The van der Waals surface area contributed by atoms with Crippen LogP contribution in [-0.4, -0.2) is 79.4 Å². The number of hydrogen-bond donors (Lipinski definition) is 1. The number of carbonyl (C=O) groups is 2. The molecule has 1 atom stereocenters. The Kier molecular flexibility index (Phi) is 9.02. The molecular weight excluding hydrogens is 358 g/mol. The number of ether oxygens (including phenoxy) is 2. The molecule has 7 nitrogen and oxygen atoms in total. The Hall–Kier alpha value is -1.34. The second-order valence-corrected chi connectivity index (χ2v) is 8.97. The SMILES string of the molecule is CCC[C@H](C(=O)NCCCOCC1CC1)N1CCN(C(=O)OC(C)(C)C)CC1. The van der Waals surface area contributed by atoms with E-state index in [4.69, 9.17) is 9.47 Å². The first-order valence-electron chi connectivity index (χ1n) is 10.9. The third-order valence-electron chi connectivity index (χ3n) is 5.09. The molecule has 0 aromatic rings. The molecule has 1 N–H and O–H groups in total. The molecule has 1 saturated heterocycles. The van der Waals surface area contributed by atoms with Crippen molar-refractivity contribution < 1.29 is 19.1 Å². The van der Waals surface area contributed by atoms with Crippen LogP contribution < -0.4 is 5.32 Å². The van der Waals surface area contributed by atoms with Gasteiger partial charge in [-0.2, -0.15) is 0 Å². The lowest BCUT2D eigenvalue weighted by atomic mass is 10.1. The van der Waals surface area contributed by atoms with E-state index in [0.717, 1.165) is 31.8 Å². The van der Waals surface area contributed by atoms with Gasteiger partial charge in [0.1, 0.15) is 5.60 Å². The van der Waals surface area contributed by atoms with Crippen molar-refractivity contribution in [1.29, 1.82) is 0 Å². The summed E-state index contributed by atoms with van der Waals surface area (Å²) in [6, 6.07) is -0.127. The number of amides is 2. The maximum Gasteiger partial charge on any atom is 0.410 e. The second kappa shape index (κ2) is 11.0. The van der Waals surface area contributed by atoms with Crippen LogP contribution in [0.5, 0.6) is 0 Å². The molecule has 0 spiro atoms. The van der Waals surface area contributed by atoms with Crippen molar-refractivity contribution in [2.24, 2.45) is 5.92 Å². The molecule has 2 fully saturated rings. The molecule has 2 aliphatic rings. The highest BCUT2D eigenvalue weighted by molar-refractivity contribution is 5.81. The Labute approximate surface area is 170 Å². The molecule has 7 heteroatoms. The topological polar surface area (TPSA) is 71.1 Å². The van der Waals surface area contributed by atoms with Gasteiger partial charge in [-0.25, -0.2) is 4.79 Å². The minimum absolute atomic E-state index is 0.0924. The van der Waals surface area contributed by atoms with Crippen LogP contribution in [0, 0.1) is 5.92 Å². The average Bonchev–Trinajstić information content (AvgIpc) is 3.45. The van der Waals surface area contributed by atoms with E-state index in [1.807, 2.05) is 20.8 Å². The molecule has 2 amide bonds. The van der Waals surface area contributed by atoms with Crippen molar-refractivity contribution in [1.82, 2.24) is 15.1 Å². The zero-order chi connectivity index (χ0) is 20.6. The maximum absolute atomic E-state index is 12.7. The van der Waals surface area contributed by atoms with Crippen LogP contribution in [0.1, 0.15) is 59.8 Å². The smallest absolute Gasteiger partial charge is 0.410 e. The van der Waals surface area contributed by atoms with E-state index in [1.54, 1.807) is 4.90 Å². The van der Waals surface area contributed by atoms with Crippen molar-refractivity contribution in [3.05, 3.63) is 0 Å². The average molecular weight is 398 g/mol. The summed E-state index contributed by atoms with van der Waals surface area (Å²) in [5, 5.41) is 3.07. The van der Waals surface area contributed by atoms with Gasteiger partial charge in [0, 0.05) is 45.9 Å². The predicted octanol–water partition coefficient (Wildman–Crippen LogP) is 2.64. The molecule has 0 aromatic heterocycles. The fourth-order valence-electron chi connectivity index (χ4n) is 3.33. The number of carbonyl (C=O) groups excluding carboxylic acids is 2. The van der Waals surface area contributed by atoms with Gasteiger partial charge in [0.05, 0.1) is 6.04 Å². The molecular formula is C21H39N3O4. The van der Waals surface area contributed by atoms with E-state index in [9.17, 15) is 9.59 Å². The minimum atomic E-state index is -0.485. The first-order valence-corrected chi connectivity index (χ1v) is 10.9. The predicted molar refractivity (Wildman–Crippen MR) is 109 cm³/mol. The third kappa shape index (κ3) is 8.35. The number of nitrogens with zero attached hydrogens (tertiary/aromatic N) is 2. The van der Waals surface area contributed by atoms with Crippen LogP contribution in [0.15, 0.2) is 0 Å². The molecule has 0 radical (unpaired) electrons. The van der Waals surface area contributed by atoms with Crippen molar-refractivity contribution in [2.75, 3.05) is 45.9 Å². The molecule has 28 heavy (non-hydrogen) atoms. The van der Waals surface area contributed by atoms with E-state index in [0.29, 0.717) is 39.3 Å². The fourth-order valence-corrected chi connectivity index (χ4v) is 3.33. The lowest BCUT2D eigenvalue weighted by Gasteiger charge is -2.39. The number of nitrogens with one attached hydrogen (secondary N) is 1. The fraction of sp³-hybridized carbons (Fsp3) is 0.905. The van der Waals surface area contributed by atoms with Crippen LogP contribution in [0.2, 0.25) is 0 Å². The summed E-state index contributed by atoms with van der Waals surface area (Å²) in [7, 11) is 0. The van der Waals surface area contributed by atoms with Crippen LogP contribution in [0.3, 0.4) is 0 Å². The van der Waals surface area contributed by atoms with Crippen LogP contribution in [0.4, 0.5) is 4.79 Å². The van der Waals surface area contributed by atoms with Crippen LogP contribution >= 0.6 is 0 Å². The highest BCUT2D eigenvalue weighted by Gasteiger charge is 2.31. The zero-order valence-electron chi connectivity index (χ0n) is 18.2. The number of rotatable bonds is 10.